The Bertz CT molecular complexity index is 130. The van der Waals surface area contributed by atoms with Crippen LogP contribution in [0.2, 0.25) is 0 Å². The van der Waals surface area contributed by atoms with Crippen LogP contribution in [0, 0.1) is 5.92 Å². The highest BCUT2D eigenvalue weighted by atomic mass is 16.5. The standard InChI is InChI=1S/C11H22O2/c1-4-5-7-13-8-6-11(12)9-10(2)3/h10H,4-9H2,1-3H3. The van der Waals surface area contributed by atoms with Gasteiger partial charge < -0.3 is 4.74 Å². The van der Waals surface area contributed by atoms with Crippen molar-refractivity contribution in [1.29, 1.82) is 0 Å². The number of ketones is 1. The van der Waals surface area contributed by atoms with Gasteiger partial charge in [-0.15, -0.1) is 0 Å². The van der Waals surface area contributed by atoms with Crippen molar-refractivity contribution in [3.8, 4) is 0 Å². The number of hydrogen-bond acceptors (Lipinski definition) is 2. The quantitative estimate of drug-likeness (QED) is 0.545. The summed E-state index contributed by atoms with van der Waals surface area (Å²) in [7, 11) is 0. The van der Waals surface area contributed by atoms with Crippen LogP contribution in [0.3, 0.4) is 0 Å². The van der Waals surface area contributed by atoms with Gasteiger partial charge in [0.2, 0.25) is 0 Å². The second-order valence-electron chi connectivity index (χ2n) is 3.85. The van der Waals surface area contributed by atoms with Gasteiger partial charge in [-0.05, 0) is 12.3 Å². The van der Waals surface area contributed by atoms with Crippen LogP contribution < -0.4 is 0 Å². The molecule has 0 bridgehead atoms. The fourth-order valence-corrected chi connectivity index (χ4v) is 1.09. The fourth-order valence-electron chi connectivity index (χ4n) is 1.09. The summed E-state index contributed by atoms with van der Waals surface area (Å²) in [5.74, 6) is 0.801. The Kier molecular flexibility index (Phi) is 8.00. The number of rotatable bonds is 8. The molecule has 0 rings (SSSR count). The van der Waals surface area contributed by atoms with E-state index in [9.17, 15) is 4.79 Å². The van der Waals surface area contributed by atoms with Gasteiger partial charge in [-0.3, -0.25) is 4.79 Å². The van der Waals surface area contributed by atoms with E-state index < -0.39 is 0 Å². The van der Waals surface area contributed by atoms with Gasteiger partial charge in [0.15, 0.2) is 0 Å². The second kappa shape index (κ2) is 8.24. The summed E-state index contributed by atoms with van der Waals surface area (Å²) in [6, 6.07) is 0. The molecule has 2 heteroatoms. The molecule has 0 aliphatic rings. The number of hydrogen-bond donors (Lipinski definition) is 0. The maximum absolute atomic E-state index is 11.2. The highest BCUT2D eigenvalue weighted by Crippen LogP contribution is 2.02. The van der Waals surface area contributed by atoms with Gasteiger partial charge in [-0.25, -0.2) is 0 Å². The van der Waals surface area contributed by atoms with Gasteiger partial charge in [0.25, 0.3) is 0 Å². The van der Waals surface area contributed by atoms with Gasteiger partial charge >= 0.3 is 0 Å². The molecular formula is C11H22O2. The molecule has 0 aliphatic carbocycles. The van der Waals surface area contributed by atoms with Gasteiger partial charge in [-0.2, -0.15) is 0 Å². The molecule has 0 aromatic carbocycles. The van der Waals surface area contributed by atoms with Crippen molar-refractivity contribution in [2.24, 2.45) is 5.92 Å². The van der Waals surface area contributed by atoms with E-state index in [1.54, 1.807) is 0 Å². The summed E-state index contributed by atoms with van der Waals surface area (Å²) < 4.78 is 5.31. The minimum atomic E-state index is 0.325. The number of carbonyl (C=O) groups excluding carboxylic acids is 1. The predicted octanol–water partition coefficient (Wildman–Crippen LogP) is 2.81. The number of Topliss-reactive ketones (excluding diaryl/α,β-unsaturated/α-hetero) is 1. The molecule has 0 aromatic heterocycles. The molecule has 0 radical (unpaired) electrons. The first kappa shape index (κ1) is 12.6. The van der Waals surface area contributed by atoms with Crippen molar-refractivity contribution in [2.75, 3.05) is 13.2 Å². The van der Waals surface area contributed by atoms with Crippen LogP contribution in [-0.2, 0) is 9.53 Å². The summed E-state index contributed by atoms with van der Waals surface area (Å²) >= 11 is 0. The molecule has 0 heterocycles. The molecule has 0 saturated carbocycles. The van der Waals surface area contributed by atoms with Crippen molar-refractivity contribution < 1.29 is 9.53 Å². The van der Waals surface area contributed by atoms with Crippen LogP contribution >= 0.6 is 0 Å². The summed E-state index contributed by atoms with van der Waals surface area (Å²) in [6.07, 6.45) is 3.53. The third-order valence-corrected chi connectivity index (χ3v) is 1.80. The zero-order valence-corrected chi connectivity index (χ0v) is 9.14. The van der Waals surface area contributed by atoms with E-state index in [1.807, 2.05) is 0 Å². The number of carbonyl (C=O) groups is 1. The van der Waals surface area contributed by atoms with Crippen molar-refractivity contribution in [2.45, 2.75) is 46.5 Å². The van der Waals surface area contributed by atoms with Crippen LogP contribution in [0.4, 0.5) is 0 Å². The van der Waals surface area contributed by atoms with Crippen LogP contribution in [-0.4, -0.2) is 19.0 Å². The van der Waals surface area contributed by atoms with E-state index in [0.29, 0.717) is 31.1 Å². The summed E-state index contributed by atoms with van der Waals surface area (Å²) in [5, 5.41) is 0. The fraction of sp³-hybridized carbons (Fsp3) is 0.909. The van der Waals surface area contributed by atoms with Crippen molar-refractivity contribution in [3.05, 3.63) is 0 Å². The van der Waals surface area contributed by atoms with E-state index >= 15 is 0 Å². The van der Waals surface area contributed by atoms with Crippen LogP contribution in [0.1, 0.15) is 46.5 Å². The van der Waals surface area contributed by atoms with Gasteiger partial charge in [0, 0.05) is 19.4 Å². The summed E-state index contributed by atoms with van der Waals surface area (Å²) in [5.41, 5.74) is 0. The first-order valence-electron chi connectivity index (χ1n) is 5.26. The molecule has 0 aliphatic heterocycles. The monoisotopic (exact) mass is 186 g/mol. The van der Waals surface area contributed by atoms with E-state index in [-0.39, 0.29) is 0 Å². The van der Waals surface area contributed by atoms with Crippen molar-refractivity contribution in [1.82, 2.24) is 0 Å². The Labute approximate surface area is 81.7 Å². The Morgan fingerprint density at radius 3 is 2.54 bits per heavy atom. The normalized spacial score (nSPS) is 10.8. The molecule has 0 amide bonds. The molecule has 0 fully saturated rings. The minimum Gasteiger partial charge on any atom is -0.381 e. The highest BCUT2D eigenvalue weighted by molar-refractivity contribution is 5.78. The topological polar surface area (TPSA) is 26.3 Å². The molecule has 0 atom stereocenters. The van der Waals surface area contributed by atoms with E-state index in [4.69, 9.17) is 4.74 Å². The number of ether oxygens (including phenoxy) is 1. The third kappa shape index (κ3) is 9.54. The maximum Gasteiger partial charge on any atom is 0.135 e. The molecule has 2 nitrogen and oxygen atoms in total. The molecule has 78 valence electrons. The zero-order chi connectivity index (χ0) is 10.1. The Morgan fingerprint density at radius 2 is 2.00 bits per heavy atom. The SMILES string of the molecule is CCCCOCCC(=O)CC(C)C. The largest absolute Gasteiger partial charge is 0.381 e. The molecule has 0 saturated heterocycles. The average Bonchev–Trinajstić information content (AvgIpc) is 2.02. The lowest BCUT2D eigenvalue weighted by Crippen LogP contribution is -2.07. The minimum absolute atomic E-state index is 0.325. The molecule has 0 N–H and O–H groups in total. The molecule has 0 unspecified atom stereocenters. The third-order valence-electron chi connectivity index (χ3n) is 1.80. The van der Waals surface area contributed by atoms with Gasteiger partial charge in [-0.1, -0.05) is 27.2 Å². The predicted molar refractivity (Wildman–Crippen MR) is 54.8 cm³/mol. The summed E-state index contributed by atoms with van der Waals surface area (Å²) in [4.78, 5) is 11.2. The van der Waals surface area contributed by atoms with Gasteiger partial charge in [0.05, 0.1) is 6.61 Å². The lowest BCUT2D eigenvalue weighted by molar-refractivity contribution is -0.120. The van der Waals surface area contributed by atoms with E-state index in [0.717, 1.165) is 19.4 Å². The highest BCUT2D eigenvalue weighted by Gasteiger charge is 2.04. The maximum atomic E-state index is 11.2. The Morgan fingerprint density at radius 1 is 1.31 bits per heavy atom. The zero-order valence-electron chi connectivity index (χ0n) is 9.14. The van der Waals surface area contributed by atoms with Crippen molar-refractivity contribution >= 4 is 5.78 Å². The van der Waals surface area contributed by atoms with Crippen molar-refractivity contribution in [3.63, 3.8) is 0 Å². The van der Waals surface area contributed by atoms with E-state index in [2.05, 4.69) is 20.8 Å². The first-order valence-corrected chi connectivity index (χ1v) is 5.26. The molecule has 0 aromatic rings. The number of unbranched alkanes of at least 4 members (excludes halogenated alkanes) is 1. The molecular weight excluding hydrogens is 164 g/mol. The van der Waals surface area contributed by atoms with Gasteiger partial charge in [0.1, 0.15) is 5.78 Å². The smallest absolute Gasteiger partial charge is 0.135 e. The molecule has 13 heavy (non-hydrogen) atoms. The first-order chi connectivity index (χ1) is 6.16. The Hall–Kier alpha value is -0.370. The molecule has 0 spiro atoms. The lowest BCUT2D eigenvalue weighted by atomic mass is 10.1. The Balaban J connectivity index is 3.17. The summed E-state index contributed by atoms with van der Waals surface area (Å²) in [6.45, 7) is 7.66. The lowest BCUT2D eigenvalue weighted by Gasteiger charge is -2.04. The average molecular weight is 186 g/mol. The second-order valence-corrected chi connectivity index (χ2v) is 3.85. The van der Waals surface area contributed by atoms with E-state index in [1.165, 1.54) is 0 Å². The van der Waals surface area contributed by atoms with Crippen LogP contribution in [0.5, 0.6) is 0 Å². The van der Waals surface area contributed by atoms with Crippen LogP contribution in [0.25, 0.3) is 0 Å². The van der Waals surface area contributed by atoms with Crippen LogP contribution in [0.15, 0.2) is 0 Å².